The Morgan fingerprint density at radius 1 is 1.16 bits per heavy atom. The molecule has 1 saturated heterocycles. The SMILES string of the molecule is C[C@@H]1CC/C=C\[C@@H]2C[C@@]2(C(=O)NS(=O)(=O)C2(C)CC2)NC(=O)[C@@H]2C[C@@H](Oc3nc4c(c5ccccc35)CCCO4)CN2C(=O)[C@@H](NC(=O)OC(C)(C)C(F)F)[C@H](C)O1.[HH].[HH].[HH]. The van der Waals surface area contributed by atoms with Crippen molar-refractivity contribution in [2.75, 3.05) is 13.2 Å². The minimum atomic E-state index is -4.07. The fraction of sp³-hybridized carbons (Fsp3) is 0.625. The van der Waals surface area contributed by atoms with Crippen molar-refractivity contribution in [3.05, 3.63) is 42.0 Å². The van der Waals surface area contributed by atoms with Gasteiger partial charge in [0.25, 0.3) is 12.3 Å². The van der Waals surface area contributed by atoms with E-state index < -0.39 is 92.5 Å². The summed E-state index contributed by atoms with van der Waals surface area (Å²) in [7, 11) is -4.07. The molecule has 1 aromatic carbocycles. The van der Waals surface area contributed by atoms with Crippen molar-refractivity contribution >= 4 is 44.6 Å². The first-order valence-electron chi connectivity index (χ1n) is 19.8. The van der Waals surface area contributed by atoms with Crippen molar-refractivity contribution in [3.63, 3.8) is 0 Å². The molecular formula is C40H57F2N5O10S. The van der Waals surface area contributed by atoms with Gasteiger partial charge < -0.3 is 34.5 Å². The zero-order valence-electron chi connectivity index (χ0n) is 33.2. The maximum Gasteiger partial charge on any atom is 0.408 e. The molecule has 58 heavy (non-hydrogen) atoms. The number of alkyl halides is 2. The number of hydrogen-bond acceptors (Lipinski definition) is 11. The number of carbonyl (C=O) groups is 4. The predicted molar refractivity (Wildman–Crippen MR) is 212 cm³/mol. The number of alkyl carbamates (subject to hydrolysis) is 1. The second-order valence-corrected chi connectivity index (χ2v) is 19.1. The fourth-order valence-electron chi connectivity index (χ4n) is 7.84. The van der Waals surface area contributed by atoms with E-state index in [-0.39, 0.29) is 29.5 Å². The van der Waals surface area contributed by atoms with Crippen molar-refractivity contribution in [1.82, 2.24) is 25.2 Å². The summed E-state index contributed by atoms with van der Waals surface area (Å²) in [6, 6.07) is 4.69. The Bertz CT molecular complexity index is 2130. The molecular weight excluding hydrogens is 781 g/mol. The van der Waals surface area contributed by atoms with E-state index in [0.29, 0.717) is 43.6 Å². The minimum absolute atomic E-state index is 0. The Hall–Kier alpha value is -4.58. The highest BCUT2D eigenvalue weighted by molar-refractivity contribution is 7.91. The molecule has 0 spiro atoms. The third-order valence-corrected chi connectivity index (χ3v) is 14.1. The molecule has 7 atom stereocenters. The molecule has 18 heteroatoms. The summed E-state index contributed by atoms with van der Waals surface area (Å²) in [6.07, 6.45) is 0.175. The summed E-state index contributed by atoms with van der Waals surface area (Å²) in [4.78, 5) is 62.3. The normalized spacial score (nSPS) is 30.3. The van der Waals surface area contributed by atoms with E-state index in [1.165, 1.54) is 4.90 Å². The molecule has 3 aliphatic heterocycles. The van der Waals surface area contributed by atoms with Crippen LogP contribution < -0.4 is 24.8 Å². The average Bonchev–Trinajstić information content (AvgIpc) is 4.05. The van der Waals surface area contributed by atoms with Crippen LogP contribution in [0.15, 0.2) is 36.4 Å². The number of carbonyl (C=O) groups excluding carboxylic acids is 4. The molecule has 0 bridgehead atoms. The highest BCUT2D eigenvalue weighted by Crippen LogP contribution is 2.48. The molecule has 7 rings (SSSR count). The van der Waals surface area contributed by atoms with Gasteiger partial charge in [0.15, 0.2) is 5.60 Å². The van der Waals surface area contributed by atoms with Gasteiger partial charge in [-0.2, -0.15) is 4.98 Å². The van der Waals surface area contributed by atoms with Crippen LogP contribution in [0.1, 0.15) is 89.4 Å². The van der Waals surface area contributed by atoms with Gasteiger partial charge in [-0.25, -0.2) is 22.0 Å². The third kappa shape index (κ3) is 8.18. The number of ether oxygens (including phenoxy) is 4. The van der Waals surface area contributed by atoms with E-state index in [2.05, 4.69) is 15.4 Å². The zero-order chi connectivity index (χ0) is 41.8. The average molecular weight is 838 g/mol. The van der Waals surface area contributed by atoms with Crippen molar-refractivity contribution in [2.24, 2.45) is 5.92 Å². The van der Waals surface area contributed by atoms with Crippen LogP contribution in [0.5, 0.6) is 11.8 Å². The maximum atomic E-state index is 14.8. The molecule has 2 saturated carbocycles. The summed E-state index contributed by atoms with van der Waals surface area (Å²) in [5, 5.41) is 6.82. The number of allylic oxidation sites excluding steroid dienone is 1. The number of benzene rings is 1. The van der Waals surface area contributed by atoms with Gasteiger partial charge in [-0.15, -0.1) is 0 Å². The number of aryl methyl sites for hydroxylation is 1. The minimum Gasteiger partial charge on any atom is -0.477 e. The number of aromatic nitrogens is 1. The van der Waals surface area contributed by atoms with Gasteiger partial charge in [0.2, 0.25) is 33.6 Å². The van der Waals surface area contributed by atoms with E-state index >= 15 is 0 Å². The van der Waals surface area contributed by atoms with Gasteiger partial charge in [-0.3, -0.25) is 19.1 Å². The molecule has 2 aliphatic carbocycles. The summed E-state index contributed by atoms with van der Waals surface area (Å²) < 4.78 is 78.6. The molecule has 322 valence electrons. The number of halogens is 2. The van der Waals surface area contributed by atoms with Crippen LogP contribution in [0.25, 0.3) is 10.8 Å². The third-order valence-electron chi connectivity index (χ3n) is 11.9. The topological polar surface area (TPSA) is 192 Å². The number of pyridine rings is 1. The number of nitrogens with zero attached hydrogens (tertiary/aromatic N) is 2. The van der Waals surface area contributed by atoms with Gasteiger partial charge >= 0.3 is 6.09 Å². The fourth-order valence-corrected chi connectivity index (χ4v) is 9.15. The van der Waals surface area contributed by atoms with Crippen LogP contribution in [0.4, 0.5) is 13.6 Å². The Morgan fingerprint density at radius 2 is 1.88 bits per heavy atom. The smallest absolute Gasteiger partial charge is 0.408 e. The molecule has 3 fully saturated rings. The first-order valence-corrected chi connectivity index (χ1v) is 21.3. The Labute approximate surface area is 340 Å². The summed E-state index contributed by atoms with van der Waals surface area (Å²) in [5.74, 6) is -2.35. The first kappa shape index (κ1) is 41.6. The standard InChI is InChI=1S/C40H51F2N5O10S.3H2/c1-22-11-6-7-12-24-20-40(24,36(50)46-58(52,53)39(5)16-17-39)45-31(48)29-19-25(56-33-28-14-9-8-13-26(28)27-15-10-18-54-32(27)44-33)21-47(29)34(49)30(23(2)55-22)43-37(51)57-38(3,4)35(41)42;;;/h7-9,12-14,22-25,29-30,35H,6,10-11,15-21H2,1-5H3,(H,43,51)(H,45,48)(H,46,50);3*1H/b12-7-;;;/t22-,23+,24-,25-,29+,30+,40-;;;/m1.../s1. The molecule has 2 aromatic rings. The van der Waals surface area contributed by atoms with Crippen molar-refractivity contribution in [3.8, 4) is 11.8 Å². The molecule has 15 nitrogen and oxygen atoms in total. The molecule has 1 aromatic heterocycles. The van der Waals surface area contributed by atoms with Gasteiger partial charge in [0.1, 0.15) is 23.7 Å². The quantitative estimate of drug-likeness (QED) is 0.310. The molecule has 5 aliphatic rings. The molecule has 0 unspecified atom stereocenters. The highest BCUT2D eigenvalue weighted by atomic mass is 32.2. The molecule has 0 radical (unpaired) electrons. The second-order valence-electron chi connectivity index (χ2n) is 16.9. The second kappa shape index (κ2) is 15.5. The van der Waals surface area contributed by atoms with Gasteiger partial charge in [0, 0.05) is 27.6 Å². The first-order chi connectivity index (χ1) is 27.3. The van der Waals surface area contributed by atoms with Crippen LogP contribution in [0.2, 0.25) is 0 Å². The lowest BCUT2D eigenvalue weighted by Crippen LogP contribution is -2.60. The van der Waals surface area contributed by atoms with Crippen molar-refractivity contribution in [2.45, 2.75) is 139 Å². The van der Waals surface area contributed by atoms with Crippen molar-refractivity contribution < 1.29 is 59.6 Å². The van der Waals surface area contributed by atoms with E-state index in [1.807, 2.05) is 30.3 Å². The van der Waals surface area contributed by atoms with E-state index in [4.69, 9.17) is 23.9 Å². The summed E-state index contributed by atoms with van der Waals surface area (Å²) in [5.41, 5.74) is -2.89. The van der Waals surface area contributed by atoms with Crippen LogP contribution in [-0.4, -0.2) is 108 Å². The lowest BCUT2D eigenvalue weighted by Gasteiger charge is -2.33. The largest absolute Gasteiger partial charge is 0.477 e. The monoisotopic (exact) mass is 837 g/mol. The van der Waals surface area contributed by atoms with E-state index in [9.17, 15) is 36.4 Å². The van der Waals surface area contributed by atoms with Crippen molar-refractivity contribution in [1.29, 1.82) is 0 Å². The Kier molecular flexibility index (Phi) is 11.1. The zero-order valence-corrected chi connectivity index (χ0v) is 34.0. The van der Waals surface area contributed by atoms with Gasteiger partial charge in [0.05, 0.1) is 30.1 Å². The predicted octanol–water partition coefficient (Wildman–Crippen LogP) is 4.80. The number of fused-ring (bicyclic) bond motifs is 5. The summed E-state index contributed by atoms with van der Waals surface area (Å²) in [6.45, 7) is 7.21. The molecule has 3 N–H and O–H groups in total. The summed E-state index contributed by atoms with van der Waals surface area (Å²) >= 11 is 0. The molecule has 4 heterocycles. The Balaban J connectivity index is 0.00000273. The number of amides is 4. The lowest BCUT2D eigenvalue weighted by molar-refractivity contribution is -0.145. The molecule has 4 amide bonds. The van der Waals surface area contributed by atoms with Crippen LogP contribution in [0.3, 0.4) is 0 Å². The number of rotatable bonds is 8. The van der Waals surface area contributed by atoms with E-state index in [0.717, 1.165) is 37.6 Å². The number of nitrogens with one attached hydrogen (secondary N) is 3. The van der Waals surface area contributed by atoms with Crippen LogP contribution in [0, 0.1) is 5.92 Å². The number of hydrogen-bond donors (Lipinski definition) is 3. The van der Waals surface area contributed by atoms with Crippen LogP contribution >= 0.6 is 0 Å². The van der Waals surface area contributed by atoms with E-state index in [1.54, 1.807) is 26.8 Å². The maximum absolute atomic E-state index is 14.8. The van der Waals surface area contributed by atoms with Gasteiger partial charge in [-0.05, 0) is 91.0 Å². The Morgan fingerprint density at radius 3 is 2.59 bits per heavy atom. The van der Waals surface area contributed by atoms with Crippen LogP contribution in [-0.2, 0) is 40.3 Å². The number of sulfonamides is 1. The lowest BCUT2D eigenvalue weighted by atomic mass is 10.0. The van der Waals surface area contributed by atoms with Gasteiger partial charge in [-0.1, -0.05) is 30.4 Å². The highest BCUT2D eigenvalue weighted by Gasteiger charge is 2.63.